The van der Waals surface area contributed by atoms with Crippen LogP contribution in [0.15, 0.2) is 24.3 Å². The van der Waals surface area contributed by atoms with Gasteiger partial charge in [0.25, 0.3) is 0 Å². The van der Waals surface area contributed by atoms with Crippen LogP contribution in [-0.2, 0) is 6.54 Å². The highest BCUT2D eigenvalue weighted by molar-refractivity contribution is 6.30. The lowest BCUT2D eigenvalue weighted by Crippen LogP contribution is -2.39. The van der Waals surface area contributed by atoms with E-state index in [1.807, 2.05) is 12.1 Å². The molecule has 0 atom stereocenters. The van der Waals surface area contributed by atoms with Crippen molar-refractivity contribution in [3.8, 4) is 0 Å². The molecule has 0 radical (unpaired) electrons. The van der Waals surface area contributed by atoms with Crippen molar-refractivity contribution in [3.63, 3.8) is 0 Å². The zero-order valence-corrected chi connectivity index (χ0v) is 10.6. The fourth-order valence-corrected chi connectivity index (χ4v) is 2.51. The number of rotatable bonds is 4. The highest BCUT2D eigenvalue weighted by Gasteiger charge is 2.30. The van der Waals surface area contributed by atoms with E-state index in [0.717, 1.165) is 17.9 Å². The van der Waals surface area contributed by atoms with Crippen LogP contribution in [0.2, 0.25) is 5.02 Å². The summed E-state index contributed by atoms with van der Waals surface area (Å²) in [6, 6.07) is 8.66. The molecule has 1 aliphatic rings. The summed E-state index contributed by atoms with van der Waals surface area (Å²) in [6.45, 7) is 0.670. The van der Waals surface area contributed by atoms with Gasteiger partial charge in [-0.2, -0.15) is 5.21 Å². The molecular weight excluding hydrogens is 250 g/mol. The minimum absolute atomic E-state index is 0.535. The predicted octanol–water partition coefficient (Wildman–Crippen LogP) is 1.89. The lowest BCUT2D eigenvalue weighted by molar-refractivity contribution is 0.287. The van der Waals surface area contributed by atoms with Crippen molar-refractivity contribution in [2.24, 2.45) is 0 Å². The molecule has 18 heavy (non-hydrogen) atoms. The van der Waals surface area contributed by atoms with Crippen LogP contribution in [0, 0.1) is 0 Å². The molecular formula is C12H14ClN5. The van der Waals surface area contributed by atoms with Crippen molar-refractivity contribution in [1.82, 2.24) is 25.9 Å². The predicted molar refractivity (Wildman–Crippen MR) is 68.2 cm³/mol. The first kappa shape index (κ1) is 11.6. The maximum absolute atomic E-state index is 5.99. The minimum Gasteiger partial charge on any atom is -0.307 e. The largest absolute Gasteiger partial charge is 0.307 e. The average Bonchev–Trinajstić information content (AvgIpc) is 2.80. The number of hydrogen-bond acceptors (Lipinski definition) is 4. The van der Waals surface area contributed by atoms with Crippen molar-refractivity contribution < 1.29 is 0 Å². The molecule has 0 unspecified atom stereocenters. The maximum Gasteiger partial charge on any atom is 0.188 e. The highest BCUT2D eigenvalue weighted by Crippen LogP contribution is 2.37. The van der Waals surface area contributed by atoms with E-state index in [1.165, 1.54) is 5.56 Å². The van der Waals surface area contributed by atoms with Crippen LogP contribution >= 0.6 is 11.6 Å². The Balaban J connectivity index is 1.48. The maximum atomic E-state index is 5.99. The molecule has 1 heterocycles. The number of tetrazole rings is 1. The van der Waals surface area contributed by atoms with Crippen LogP contribution in [0.5, 0.6) is 0 Å². The van der Waals surface area contributed by atoms with Gasteiger partial charge in [0.15, 0.2) is 5.82 Å². The molecule has 1 saturated carbocycles. The van der Waals surface area contributed by atoms with Crippen LogP contribution < -0.4 is 5.32 Å². The van der Waals surface area contributed by atoms with Crippen LogP contribution in [0.4, 0.5) is 0 Å². The van der Waals surface area contributed by atoms with E-state index >= 15 is 0 Å². The van der Waals surface area contributed by atoms with Gasteiger partial charge in [0.1, 0.15) is 0 Å². The molecule has 2 N–H and O–H groups in total. The van der Waals surface area contributed by atoms with Gasteiger partial charge in [0, 0.05) is 11.1 Å². The van der Waals surface area contributed by atoms with Crippen molar-refractivity contribution in [1.29, 1.82) is 0 Å². The summed E-state index contributed by atoms with van der Waals surface area (Å²) in [5.74, 6) is 1.33. The van der Waals surface area contributed by atoms with Gasteiger partial charge in [-0.25, -0.2) is 0 Å². The second-order valence-electron chi connectivity index (χ2n) is 4.63. The molecule has 1 aliphatic carbocycles. The molecule has 94 valence electrons. The Morgan fingerprint density at radius 3 is 3.00 bits per heavy atom. The lowest BCUT2D eigenvalue weighted by Gasteiger charge is -2.36. The van der Waals surface area contributed by atoms with Gasteiger partial charge in [-0.3, -0.25) is 0 Å². The summed E-state index contributed by atoms with van der Waals surface area (Å²) in [5.41, 5.74) is 1.33. The van der Waals surface area contributed by atoms with E-state index in [9.17, 15) is 0 Å². The first-order chi connectivity index (χ1) is 8.81. The summed E-state index contributed by atoms with van der Waals surface area (Å²) in [5, 5.41) is 18.0. The highest BCUT2D eigenvalue weighted by atomic mass is 35.5. The van der Waals surface area contributed by atoms with Gasteiger partial charge in [-0.15, -0.1) is 10.2 Å². The number of benzene rings is 1. The van der Waals surface area contributed by atoms with E-state index in [0.29, 0.717) is 24.3 Å². The van der Waals surface area contributed by atoms with Crippen molar-refractivity contribution >= 4 is 11.6 Å². The topological polar surface area (TPSA) is 66.5 Å². The van der Waals surface area contributed by atoms with Crippen molar-refractivity contribution in [3.05, 3.63) is 40.7 Å². The zero-order chi connectivity index (χ0) is 12.4. The Morgan fingerprint density at radius 2 is 2.28 bits per heavy atom. The van der Waals surface area contributed by atoms with Crippen LogP contribution in [0.25, 0.3) is 0 Å². The zero-order valence-electron chi connectivity index (χ0n) is 9.81. The smallest absolute Gasteiger partial charge is 0.188 e. The molecule has 1 fully saturated rings. The number of hydrogen-bond donors (Lipinski definition) is 2. The van der Waals surface area contributed by atoms with Gasteiger partial charge in [0.05, 0.1) is 6.54 Å². The molecule has 0 bridgehead atoms. The van der Waals surface area contributed by atoms with Crippen LogP contribution in [-0.4, -0.2) is 26.7 Å². The first-order valence-corrected chi connectivity index (χ1v) is 6.40. The average molecular weight is 264 g/mol. The normalized spacial score (nSPS) is 22.7. The second-order valence-corrected chi connectivity index (χ2v) is 5.07. The molecule has 3 rings (SSSR count). The van der Waals surface area contributed by atoms with Crippen LogP contribution in [0.1, 0.15) is 30.1 Å². The number of halogens is 1. The van der Waals surface area contributed by atoms with Crippen LogP contribution in [0.3, 0.4) is 0 Å². The number of aromatic nitrogens is 4. The minimum atomic E-state index is 0.535. The molecule has 5 nitrogen and oxygen atoms in total. The number of aromatic amines is 1. The Kier molecular flexibility index (Phi) is 3.25. The second kappa shape index (κ2) is 5.04. The molecule has 0 amide bonds. The van der Waals surface area contributed by atoms with Gasteiger partial charge >= 0.3 is 0 Å². The molecule has 1 aromatic heterocycles. The molecule has 0 spiro atoms. The van der Waals surface area contributed by atoms with Gasteiger partial charge in [-0.05, 0) is 36.5 Å². The fraction of sp³-hybridized carbons (Fsp3) is 0.417. The lowest BCUT2D eigenvalue weighted by atomic mass is 9.76. The van der Waals surface area contributed by atoms with E-state index in [1.54, 1.807) is 0 Å². The number of nitrogens with one attached hydrogen (secondary N) is 2. The third kappa shape index (κ3) is 2.52. The third-order valence-corrected chi connectivity index (χ3v) is 3.63. The molecule has 0 aliphatic heterocycles. The van der Waals surface area contributed by atoms with Gasteiger partial charge in [-0.1, -0.05) is 28.9 Å². The Hall–Kier alpha value is -1.46. The van der Waals surface area contributed by atoms with E-state index < -0.39 is 0 Å². The fourth-order valence-electron chi connectivity index (χ4n) is 2.31. The number of H-pyrrole nitrogens is 1. The molecule has 6 heteroatoms. The number of nitrogens with zero attached hydrogens (tertiary/aromatic N) is 3. The Morgan fingerprint density at radius 1 is 1.39 bits per heavy atom. The van der Waals surface area contributed by atoms with Crippen molar-refractivity contribution in [2.45, 2.75) is 31.3 Å². The molecule has 1 aromatic carbocycles. The quantitative estimate of drug-likeness (QED) is 0.884. The van der Waals surface area contributed by atoms with E-state index in [4.69, 9.17) is 11.6 Å². The van der Waals surface area contributed by atoms with E-state index in [-0.39, 0.29) is 0 Å². The summed E-state index contributed by atoms with van der Waals surface area (Å²) < 4.78 is 0. The molecule has 2 aromatic rings. The SMILES string of the molecule is Clc1cccc(C2CC(NCc3nn[nH]n3)C2)c1. The van der Waals surface area contributed by atoms with Gasteiger partial charge in [0.2, 0.25) is 0 Å². The molecule has 0 saturated heterocycles. The summed E-state index contributed by atoms with van der Waals surface area (Å²) >= 11 is 5.99. The third-order valence-electron chi connectivity index (χ3n) is 3.40. The summed E-state index contributed by atoms with van der Waals surface area (Å²) in [7, 11) is 0. The van der Waals surface area contributed by atoms with Crippen molar-refractivity contribution in [2.75, 3.05) is 0 Å². The van der Waals surface area contributed by atoms with E-state index in [2.05, 4.69) is 38.1 Å². The standard InChI is InChI=1S/C12H14ClN5/c13-10-3-1-2-8(4-10)9-5-11(6-9)14-7-12-15-17-18-16-12/h1-4,9,11,14H,5-7H2,(H,15,16,17,18). The van der Waals surface area contributed by atoms with Gasteiger partial charge < -0.3 is 5.32 Å². The first-order valence-electron chi connectivity index (χ1n) is 6.02. The Bertz CT molecular complexity index is 507. The Labute approximate surface area is 110 Å². The summed E-state index contributed by atoms with van der Waals surface area (Å²) in [6.07, 6.45) is 2.27. The monoisotopic (exact) mass is 263 g/mol. The summed E-state index contributed by atoms with van der Waals surface area (Å²) in [4.78, 5) is 0.